The number of fused-ring (bicyclic) bond motifs is 1. The Hall–Kier alpha value is -2.79. The zero-order valence-corrected chi connectivity index (χ0v) is 19.0. The second-order valence-electron chi connectivity index (χ2n) is 8.67. The molecule has 1 aliphatic heterocycles. The first-order chi connectivity index (χ1) is 14.9. The molecule has 1 fully saturated rings. The lowest BCUT2D eigenvalue weighted by atomic mass is 9.68. The zero-order chi connectivity index (χ0) is 22.2. The van der Waals surface area contributed by atoms with Gasteiger partial charge in [-0.05, 0) is 81.2 Å². The lowest BCUT2D eigenvalue weighted by Gasteiger charge is -2.40. The molecule has 0 bridgehead atoms. The highest BCUT2D eigenvalue weighted by Gasteiger charge is 2.48. The molecule has 0 radical (unpaired) electrons. The van der Waals surface area contributed by atoms with Crippen molar-refractivity contribution in [3.05, 3.63) is 70.5 Å². The van der Waals surface area contributed by atoms with Gasteiger partial charge >= 0.3 is 5.97 Å². The smallest absolute Gasteiger partial charge is 0.343 e. The minimum Gasteiger partial charge on any atom is -0.493 e. The fourth-order valence-corrected chi connectivity index (χ4v) is 5.09. The number of benzene rings is 2. The van der Waals surface area contributed by atoms with Crippen LogP contribution in [0.15, 0.2) is 48.2 Å². The van der Waals surface area contributed by atoms with Crippen LogP contribution < -0.4 is 9.47 Å². The standard InChI is InChI=1S/C26H31NO4/c1-17-7-6-8-21(18(17)2)25(28)31-20-11-12-26(13-14-27(3)24(26)16-20)19-9-10-22(29-4)23(15-19)30-5/h6-10,15-16,24H,11-14H2,1-5H3/t24-,26-/m0/s1. The highest BCUT2D eigenvalue weighted by atomic mass is 16.5. The Morgan fingerprint density at radius 3 is 2.58 bits per heavy atom. The van der Waals surface area contributed by atoms with Gasteiger partial charge < -0.3 is 14.2 Å². The van der Waals surface area contributed by atoms with Crippen LogP contribution in [-0.2, 0) is 10.2 Å². The van der Waals surface area contributed by atoms with Crippen LogP contribution in [0.25, 0.3) is 0 Å². The number of esters is 1. The number of methoxy groups -OCH3 is 2. The Balaban J connectivity index is 1.63. The average Bonchev–Trinajstić information content (AvgIpc) is 3.12. The van der Waals surface area contributed by atoms with E-state index in [1.54, 1.807) is 14.2 Å². The molecule has 2 atom stereocenters. The lowest BCUT2D eigenvalue weighted by Crippen LogP contribution is -2.42. The first kappa shape index (κ1) is 21.4. The third-order valence-electron chi connectivity index (χ3n) is 7.12. The van der Waals surface area contributed by atoms with Crippen molar-refractivity contribution in [2.75, 3.05) is 27.8 Å². The summed E-state index contributed by atoms with van der Waals surface area (Å²) in [5, 5.41) is 0. The van der Waals surface area contributed by atoms with Gasteiger partial charge in [-0.1, -0.05) is 18.2 Å². The summed E-state index contributed by atoms with van der Waals surface area (Å²) in [7, 11) is 5.46. The summed E-state index contributed by atoms with van der Waals surface area (Å²) < 4.78 is 16.9. The Kier molecular flexibility index (Phi) is 5.80. The second kappa shape index (κ2) is 8.39. The van der Waals surface area contributed by atoms with Gasteiger partial charge in [-0.15, -0.1) is 0 Å². The van der Waals surface area contributed by atoms with E-state index < -0.39 is 0 Å². The molecule has 5 nitrogen and oxygen atoms in total. The van der Waals surface area contributed by atoms with Crippen molar-refractivity contribution < 1.29 is 19.0 Å². The Bertz CT molecular complexity index is 1030. The maximum Gasteiger partial charge on any atom is 0.343 e. The number of likely N-dealkylation sites (tertiary alicyclic amines) is 1. The molecule has 1 saturated heterocycles. The first-order valence-corrected chi connectivity index (χ1v) is 10.8. The molecule has 2 aromatic rings. The molecule has 4 rings (SSSR count). The van der Waals surface area contributed by atoms with Crippen molar-refractivity contribution in [3.8, 4) is 11.5 Å². The van der Waals surface area contributed by atoms with Crippen LogP contribution in [0.1, 0.15) is 46.3 Å². The highest BCUT2D eigenvalue weighted by molar-refractivity contribution is 5.92. The quantitative estimate of drug-likeness (QED) is 0.649. The molecule has 164 valence electrons. The largest absolute Gasteiger partial charge is 0.493 e. The predicted molar refractivity (Wildman–Crippen MR) is 121 cm³/mol. The maximum absolute atomic E-state index is 12.9. The number of hydrogen-bond donors (Lipinski definition) is 0. The number of rotatable bonds is 5. The summed E-state index contributed by atoms with van der Waals surface area (Å²) in [5.74, 6) is 1.98. The van der Waals surface area contributed by atoms with Gasteiger partial charge in [-0.3, -0.25) is 4.90 Å². The second-order valence-corrected chi connectivity index (χ2v) is 8.67. The topological polar surface area (TPSA) is 48.0 Å². The summed E-state index contributed by atoms with van der Waals surface area (Å²) in [6.45, 7) is 4.97. The van der Waals surface area contributed by atoms with Crippen LogP contribution >= 0.6 is 0 Å². The van der Waals surface area contributed by atoms with Gasteiger partial charge in [0.15, 0.2) is 11.5 Å². The van der Waals surface area contributed by atoms with Crippen molar-refractivity contribution in [1.82, 2.24) is 4.90 Å². The molecular formula is C26H31NO4. The van der Waals surface area contributed by atoms with Crippen LogP contribution in [-0.4, -0.2) is 44.7 Å². The minimum atomic E-state index is -0.272. The fourth-order valence-electron chi connectivity index (χ4n) is 5.09. The summed E-state index contributed by atoms with van der Waals surface area (Å²) >= 11 is 0. The molecule has 1 heterocycles. The summed E-state index contributed by atoms with van der Waals surface area (Å²) in [6, 6.07) is 12.2. The number of carbonyl (C=O) groups excluding carboxylic acids is 1. The average molecular weight is 422 g/mol. The fraction of sp³-hybridized carbons (Fsp3) is 0.423. The molecule has 0 aromatic heterocycles. The molecule has 2 aliphatic rings. The maximum atomic E-state index is 12.9. The molecule has 2 aromatic carbocycles. The van der Waals surface area contributed by atoms with Crippen molar-refractivity contribution in [2.45, 2.75) is 44.6 Å². The Labute approximate surface area is 184 Å². The van der Waals surface area contributed by atoms with Crippen molar-refractivity contribution >= 4 is 5.97 Å². The van der Waals surface area contributed by atoms with Gasteiger partial charge in [0.25, 0.3) is 0 Å². The van der Waals surface area contributed by atoms with Gasteiger partial charge in [-0.25, -0.2) is 4.79 Å². The molecular weight excluding hydrogens is 390 g/mol. The third kappa shape index (κ3) is 3.72. The molecule has 0 N–H and O–H groups in total. The number of likely N-dealkylation sites (N-methyl/N-ethyl adjacent to an activating group) is 1. The number of ether oxygens (including phenoxy) is 3. The van der Waals surface area contributed by atoms with E-state index in [-0.39, 0.29) is 17.4 Å². The van der Waals surface area contributed by atoms with Crippen molar-refractivity contribution in [3.63, 3.8) is 0 Å². The molecule has 31 heavy (non-hydrogen) atoms. The van der Waals surface area contributed by atoms with Gasteiger partial charge in [0.1, 0.15) is 5.76 Å². The molecule has 0 unspecified atom stereocenters. The normalized spacial score (nSPS) is 23.1. The van der Waals surface area contributed by atoms with E-state index in [0.29, 0.717) is 5.56 Å². The van der Waals surface area contributed by atoms with Crippen LogP contribution in [0, 0.1) is 13.8 Å². The van der Waals surface area contributed by atoms with Gasteiger partial charge in [0.2, 0.25) is 0 Å². The van der Waals surface area contributed by atoms with E-state index >= 15 is 0 Å². The molecule has 1 aliphatic carbocycles. The van der Waals surface area contributed by atoms with Crippen molar-refractivity contribution in [2.24, 2.45) is 0 Å². The minimum absolute atomic E-state index is 0.0243. The number of hydrogen-bond acceptors (Lipinski definition) is 5. The summed E-state index contributed by atoms with van der Waals surface area (Å²) in [6.07, 6.45) is 4.85. The predicted octanol–water partition coefficient (Wildman–Crippen LogP) is 4.80. The monoisotopic (exact) mass is 421 g/mol. The number of carbonyl (C=O) groups is 1. The lowest BCUT2D eigenvalue weighted by molar-refractivity contribution is 0.0592. The van der Waals surface area contributed by atoms with Crippen LogP contribution in [0.2, 0.25) is 0 Å². The highest BCUT2D eigenvalue weighted by Crippen LogP contribution is 2.49. The summed E-state index contributed by atoms with van der Waals surface area (Å²) in [4.78, 5) is 15.2. The number of allylic oxidation sites excluding steroid dienone is 1. The van der Waals surface area contributed by atoms with Crippen LogP contribution in [0.5, 0.6) is 11.5 Å². The van der Waals surface area contributed by atoms with Gasteiger partial charge in [-0.2, -0.15) is 0 Å². The Morgan fingerprint density at radius 2 is 1.84 bits per heavy atom. The van der Waals surface area contributed by atoms with Gasteiger partial charge in [0.05, 0.1) is 19.8 Å². The van der Waals surface area contributed by atoms with E-state index in [9.17, 15) is 4.79 Å². The summed E-state index contributed by atoms with van der Waals surface area (Å²) in [5.41, 5.74) is 3.92. The zero-order valence-electron chi connectivity index (χ0n) is 19.0. The molecule has 0 spiro atoms. The van der Waals surface area contributed by atoms with E-state index in [4.69, 9.17) is 14.2 Å². The SMILES string of the molecule is COc1ccc([C@@]23CCC(OC(=O)c4cccc(C)c4C)=C[C@@H]2N(C)CC3)cc1OC. The molecule has 0 saturated carbocycles. The van der Waals surface area contributed by atoms with Crippen molar-refractivity contribution in [1.29, 1.82) is 0 Å². The van der Waals surface area contributed by atoms with Crippen LogP contribution in [0.4, 0.5) is 0 Å². The van der Waals surface area contributed by atoms with E-state index in [2.05, 4.69) is 30.2 Å². The number of aryl methyl sites for hydroxylation is 1. The molecule has 0 amide bonds. The van der Waals surface area contributed by atoms with E-state index in [1.165, 1.54) is 5.56 Å². The number of nitrogens with zero attached hydrogens (tertiary/aromatic N) is 1. The third-order valence-corrected chi connectivity index (χ3v) is 7.12. The van der Waals surface area contributed by atoms with Gasteiger partial charge in [0, 0.05) is 17.9 Å². The van der Waals surface area contributed by atoms with E-state index in [0.717, 1.165) is 54.2 Å². The van der Waals surface area contributed by atoms with Crippen LogP contribution in [0.3, 0.4) is 0 Å². The van der Waals surface area contributed by atoms with E-state index in [1.807, 2.05) is 38.1 Å². The molecule has 5 heteroatoms. The Morgan fingerprint density at radius 1 is 1.06 bits per heavy atom. The first-order valence-electron chi connectivity index (χ1n) is 10.8.